The summed E-state index contributed by atoms with van der Waals surface area (Å²) in [5, 5.41) is 13.7. The van der Waals surface area contributed by atoms with E-state index in [-0.39, 0.29) is 0 Å². The van der Waals surface area contributed by atoms with Gasteiger partial charge < -0.3 is 0 Å². The normalized spacial score (nSPS) is 12.8. The summed E-state index contributed by atoms with van der Waals surface area (Å²) in [6.45, 7) is -0.950. The number of hydrogen-bond donors (Lipinski definition) is 0. The van der Waals surface area contributed by atoms with Crippen LogP contribution in [0.15, 0.2) is 91.0 Å². The van der Waals surface area contributed by atoms with Crippen molar-refractivity contribution in [3.63, 3.8) is 0 Å². The van der Waals surface area contributed by atoms with E-state index < -0.39 is 6.60 Å². The van der Waals surface area contributed by atoms with Crippen molar-refractivity contribution in [2.75, 3.05) is 6.66 Å². The molecule has 1 nitrogen and oxygen atoms in total. The van der Waals surface area contributed by atoms with E-state index in [4.69, 9.17) is 0 Å². The second-order valence-corrected chi connectivity index (χ2v) is 10.6. The third-order valence-corrected chi connectivity index (χ3v) is 9.72. The van der Waals surface area contributed by atoms with Gasteiger partial charge in [-0.05, 0) is 0 Å². The Balaban J connectivity index is 2.45. The first-order chi connectivity index (χ1) is 10.7. The number of nitriles is 1. The molecular formula is C20H18NP. The van der Waals surface area contributed by atoms with Crippen LogP contribution in [0.3, 0.4) is 0 Å². The zero-order valence-corrected chi connectivity index (χ0v) is 13.4. The molecule has 0 aromatic heterocycles. The van der Waals surface area contributed by atoms with E-state index >= 15 is 0 Å². The summed E-state index contributed by atoms with van der Waals surface area (Å²) in [6, 6.07) is 30.6. The van der Waals surface area contributed by atoms with Crippen molar-refractivity contribution in [2.24, 2.45) is 0 Å². The first-order valence-electron chi connectivity index (χ1n) is 7.30. The monoisotopic (exact) mass is 303 g/mol. The van der Waals surface area contributed by atoms with Crippen LogP contribution < -0.4 is 15.9 Å². The van der Waals surface area contributed by atoms with E-state index in [9.17, 15) is 5.26 Å². The SMILES string of the molecule is CP(C#N)(c1ccccc1)(c1ccccc1)c1ccccc1. The Morgan fingerprint density at radius 3 is 1.09 bits per heavy atom. The van der Waals surface area contributed by atoms with Crippen LogP contribution in [0.2, 0.25) is 0 Å². The van der Waals surface area contributed by atoms with Gasteiger partial charge in [0, 0.05) is 0 Å². The minimum absolute atomic E-state index is 1.10. The van der Waals surface area contributed by atoms with Gasteiger partial charge in [0.25, 0.3) is 0 Å². The molecule has 2 heteroatoms. The van der Waals surface area contributed by atoms with Crippen LogP contribution in [0.4, 0.5) is 0 Å². The summed E-state index contributed by atoms with van der Waals surface area (Å²) in [6.07, 6.45) is 0. The molecule has 0 fully saturated rings. The van der Waals surface area contributed by atoms with Crippen molar-refractivity contribution in [1.82, 2.24) is 0 Å². The summed E-state index contributed by atoms with van der Waals surface area (Å²) < 4.78 is 0. The zero-order chi connectivity index (χ0) is 15.5. The van der Waals surface area contributed by atoms with Gasteiger partial charge in [-0.2, -0.15) is 0 Å². The second kappa shape index (κ2) is 5.41. The molecule has 0 amide bonds. The predicted octanol–water partition coefficient (Wildman–Crippen LogP) is 3.63. The summed E-state index contributed by atoms with van der Waals surface area (Å²) in [7, 11) is 0. The number of hydrogen-bond acceptors (Lipinski definition) is 1. The average Bonchev–Trinajstić information content (AvgIpc) is 2.63. The summed E-state index contributed by atoms with van der Waals surface area (Å²) >= 11 is 0. The molecule has 0 saturated heterocycles. The Labute approximate surface area is 131 Å². The fourth-order valence-electron chi connectivity index (χ4n) is 3.02. The fraction of sp³-hybridized carbons (Fsp3) is 0.0500. The van der Waals surface area contributed by atoms with Crippen LogP contribution in [-0.2, 0) is 0 Å². The topological polar surface area (TPSA) is 23.8 Å². The molecule has 0 aliphatic heterocycles. The maximum absolute atomic E-state index is 10.4. The van der Waals surface area contributed by atoms with Crippen molar-refractivity contribution >= 4 is 22.5 Å². The second-order valence-electron chi connectivity index (χ2n) is 5.67. The van der Waals surface area contributed by atoms with Gasteiger partial charge in [-0.1, -0.05) is 0 Å². The molecular weight excluding hydrogens is 285 g/mol. The van der Waals surface area contributed by atoms with Gasteiger partial charge in [0.15, 0.2) is 0 Å². The number of benzene rings is 3. The van der Waals surface area contributed by atoms with Gasteiger partial charge in [-0.25, -0.2) is 0 Å². The van der Waals surface area contributed by atoms with E-state index in [0.29, 0.717) is 0 Å². The van der Waals surface area contributed by atoms with Gasteiger partial charge in [0.2, 0.25) is 0 Å². The molecule has 3 aromatic carbocycles. The van der Waals surface area contributed by atoms with Gasteiger partial charge in [-0.3, -0.25) is 0 Å². The van der Waals surface area contributed by atoms with Crippen LogP contribution in [0.1, 0.15) is 0 Å². The molecule has 0 radical (unpaired) electrons. The Morgan fingerprint density at radius 2 is 0.864 bits per heavy atom. The Kier molecular flexibility index (Phi) is 3.57. The van der Waals surface area contributed by atoms with Crippen LogP contribution >= 0.6 is 6.60 Å². The van der Waals surface area contributed by atoms with Crippen molar-refractivity contribution in [2.45, 2.75) is 0 Å². The van der Waals surface area contributed by atoms with Crippen molar-refractivity contribution in [1.29, 1.82) is 5.26 Å². The fourth-order valence-corrected chi connectivity index (χ4v) is 7.02. The molecule has 0 saturated carbocycles. The van der Waals surface area contributed by atoms with E-state index in [1.54, 1.807) is 0 Å². The average molecular weight is 303 g/mol. The third kappa shape index (κ3) is 1.97. The molecule has 3 rings (SSSR count). The Morgan fingerprint density at radius 1 is 0.591 bits per heavy atom. The Hall–Kier alpha value is -2.42. The molecule has 0 aliphatic carbocycles. The standard InChI is InChI=1S/C20H18NP/c1-22(17-21,18-11-5-2-6-12-18,19-13-7-3-8-14-19)20-15-9-4-10-16-20/h2-16H,1H3. The molecule has 0 aliphatic rings. The van der Waals surface area contributed by atoms with Gasteiger partial charge in [0.1, 0.15) is 0 Å². The van der Waals surface area contributed by atoms with Gasteiger partial charge >= 0.3 is 131 Å². The molecule has 0 N–H and O–H groups in total. The molecule has 0 unspecified atom stereocenters. The van der Waals surface area contributed by atoms with Gasteiger partial charge in [0.05, 0.1) is 0 Å². The minimum atomic E-state index is -3.09. The molecule has 22 heavy (non-hydrogen) atoms. The van der Waals surface area contributed by atoms with Crippen LogP contribution in [0.25, 0.3) is 0 Å². The third-order valence-electron chi connectivity index (χ3n) is 4.46. The zero-order valence-electron chi connectivity index (χ0n) is 12.6. The number of rotatable bonds is 3. The first-order valence-corrected chi connectivity index (χ1v) is 9.98. The van der Waals surface area contributed by atoms with Crippen molar-refractivity contribution in [3.05, 3.63) is 91.0 Å². The van der Waals surface area contributed by atoms with Crippen molar-refractivity contribution < 1.29 is 0 Å². The van der Waals surface area contributed by atoms with Crippen LogP contribution in [-0.4, -0.2) is 6.66 Å². The molecule has 3 aromatic rings. The molecule has 0 atom stereocenters. The predicted molar refractivity (Wildman–Crippen MR) is 96.7 cm³/mol. The molecule has 0 bridgehead atoms. The molecule has 0 heterocycles. The van der Waals surface area contributed by atoms with Gasteiger partial charge in [-0.15, -0.1) is 0 Å². The van der Waals surface area contributed by atoms with Crippen molar-refractivity contribution in [3.8, 4) is 5.81 Å². The Bertz CT molecular complexity index is 705. The molecule has 0 spiro atoms. The maximum atomic E-state index is 10.4. The van der Waals surface area contributed by atoms with E-state index in [2.05, 4.69) is 48.9 Å². The molecule has 108 valence electrons. The summed E-state index contributed by atoms with van der Waals surface area (Å²) in [5.41, 5.74) is 0. The first kappa shape index (κ1) is 14.5. The number of nitrogens with zero attached hydrogens (tertiary/aromatic N) is 1. The van der Waals surface area contributed by atoms with Crippen LogP contribution in [0, 0.1) is 11.1 Å². The van der Waals surface area contributed by atoms with E-state index in [1.165, 1.54) is 0 Å². The van der Waals surface area contributed by atoms with E-state index in [0.717, 1.165) is 15.9 Å². The summed E-state index contributed by atoms with van der Waals surface area (Å²) in [4.78, 5) is 0. The quantitative estimate of drug-likeness (QED) is 0.678. The van der Waals surface area contributed by atoms with Crippen LogP contribution in [0.5, 0.6) is 0 Å². The van der Waals surface area contributed by atoms with E-state index in [1.807, 2.05) is 54.6 Å². The summed E-state index contributed by atoms with van der Waals surface area (Å²) in [5.74, 6) is 2.77.